The molecule has 0 saturated carbocycles. The van der Waals surface area contributed by atoms with Crippen LogP contribution in [0.2, 0.25) is 0 Å². The van der Waals surface area contributed by atoms with Gasteiger partial charge in [-0.3, -0.25) is 9.59 Å². The normalized spacial score (nSPS) is 11.1. The second-order valence-electron chi connectivity index (χ2n) is 7.32. The Labute approximate surface area is 197 Å². The van der Waals surface area contributed by atoms with E-state index in [2.05, 4.69) is 26.6 Å². The van der Waals surface area contributed by atoms with Gasteiger partial charge in [0.15, 0.2) is 6.61 Å². The predicted octanol–water partition coefficient (Wildman–Crippen LogP) is 6.35. The van der Waals surface area contributed by atoms with Crippen molar-refractivity contribution in [3.8, 4) is 5.75 Å². The van der Waals surface area contributed by atoms with Crippen molar-refractivity contribution in [2.75, 3.05) is 17.2 Å². The number of hydrogen-bond acceptors (Lipinski definition) is 3. The van der Waals surface area contributed by atoms with E-state index in [1.165, 1.54) is 24.3 Å². The quantitative estimate of drug-likeness (QED) is 0.397. The van der Waals surface area contributed by atoms with Crippen molar-refractivity contribution >= 4 is 39.1 Å². The fourth-order valence-electron chi connectivity index (χ4n) is 3.17. The lowest BCUT2D eigenvalue weighted by atomic mass is 10.1. The minimum Gasteiger partial charge on any atom is -0.483 e. The molecule has 0 aliphatic rings. The maximum atomic E-state index is 12.9. The van der Waals surface area contributed by atoms with Crippen LogP contribution in [0, 0.1) is 13.8 Å². The summed E-state index contributed by atoms with van der Waals surface area (Å²) in [5, 5.41) is 5.08. The largest absolute Gasteiger partial charge is 0.483 e. The van der Waals surface area contributed by atoms with Gasteiger partial charge < -0.3 is 15.4 Å². The molecule has 2 amide bonds. The number of carbonyl (C=O) groups excluding carboxylic acids is 2. The van der Waals surface area contributed by atoms with Gasteiger partial charge in [0.25, 0.3) is 11.8 Å². The standard InChI is InChI=1S/C24H20BrF3N2O3/c1-14-9-18(25)10-15(2)22(14)33-13-21(31)29-19-7-3-5-16(11-19)23(32)30-20-8-4-6-17(12-20)24(26,27)28/h3-12H,13H2,1-2H3,(H,29,31)(H,30,32). The van der Waals surface area contributed by atoms with Gasteiger partial charge in [-0.1, -0.05) is 28.1 Å². The molecule has 3 aromatic carbocycles. The summed E-state index contributed by atoms with van der Waals surface area (Å²) >= 11 is 3.41. The monoisotopic (exact) mass is 520 g/mol. The SMILES string of the molecule is Cc1cc(Br)cc(C)c1OCC(=O)Nc1cccc(C(=O)Nc2cccc(C(F)(F)F)c2)c1. The van der Waals surface area contributed by atoms with Crippen molar-refractivity contribution in [2.24, 2.45) is 0 Å². The number of aryl methyl sites for hydroxylation is 2. The molecule has 0 aromatic heterocycles. The maximum absolute atomic E-state index is 12.9. The molecule has 172 valence electrons. The number of anilines is 2. The van der Waals surface area contributed by atoms with Crippen LogP contribution in [0.5, 0.6) is 5.75 Å². The molecule has 0 aliphatic heterocycles. The van der Waals surface area contributed by atoms with Crippen LogP contribution >= 0.6 is 15.9 Å². The van der Waals surface area contributed by atoms with Crippen molar-refractivity contribution in [1.82, 2.24) is 0 Å². The van der Waals surface area contributed by atoms with Crippen molar-refractivity contribution < 1.29 is 27.5 Å². The number of nitrogens with one attached hydrogen (secondary N) is 2. The van der Waals surface area contributed by atoms with Crippen LogP contribution in [0.3, 0.4) is 0 Å². The highest BCUT2D eigenvalue weighted by Gasteiger charge is 2.30. The van der Waals surface area contributed by atoms with Gasteiger partial charge in [-0.05, 0) is 73.5 Å². The Kier molecular flexibility index (Phi) is 7.43. The van der Waals surface area contributed by atoms with Crippen LogP contribution in [0.4, 0.5) is 24.5 Å². The Morgan fingerprint density at radius 2 is 1.52 bits per heavy atom. The van der Waals surface area contributed by atoms with E-state index in [1.807, 2.05) is 26.0 Å². The molecule has 0 bridgehead atoms. The van der Waals surface area contributed by atoms with Crippen molar-refractivity contribution in [1.29, 1.82) is 0 Å². The van der Waals surface area contributed by atoms with Gasteiger partial charge >= 0.3 is 6.18 Å². The second-order valence-corrected chi connectivity index (χ2v) is 8.23. The summed E-state index contributed by atoms with van der Waals surface area (Å²) in [7, 11) is 0. The summed E-state index contributed by atoms with van der Waals surface area (Å²) in [4.78, 5) is 24.8. The molecule has 0 atom stereocenters. The molecule has 33 heavy (non-hydrogen) atoms. The lowest BCUT2D eigenvalue weighted by Crippen LogP contribution is -2.21. The molecule has 0 aliphatic carbocycles. The van der Waals surface area contributed by atoms with Crippen LogP contribution in [-0.4, -0.2) is 18.4 Å². The molecule has 0 unspecified atom stereocenters. The number of rotatable bonds is 6. The first kappa shape index (κ1) is 24.3. The molecule has 3 aromatic rings. The van der Waals surface area contributed by atoms with Crippen molar-refractivity contribution in [2.45, 2.75) is 20.0 Å². The first-order valence-electron chi connectivity index (χ1n) is 9.81. The second kappa shape index (κ2) is 10.1. The summed E-state index contributed by atoms with van der Waals surface area (Å²) in [6, 6.07) is 14.2. The highest BCUT2D eigenvalue weighted by Crippen LogP contribution is 2.31. The number of benzene rings is 3. The average molecular weight is 521 g/mol. The third-order valence-electron chi connectivity index (χ3n) is 4.63. The zero-order chi connectivity index (χ0) is 24.2. The molecule has 3 rings (SSSR count). The zero-order valence-electron chi connectivity index (χ0n) is 17.7. The third-order valence-corrected chi connectivity index (χ3v) is 5.09. The van der Waals surface area contributed by atoms with Crippen LogP contribution in [0.15, 0.2) is 65.1 Å². The zero-order valence-corrected chi connectivity index (χ0v) is 19.3. The van der Waals surface area contributed by atoms with Gasteiger partial charge in [0.05, 0.1) is 5.56 Å². The van der Waals surface area contributed by atoms with E-state index in [-0.39, 0.29) is 17.9 Å². The molecule has 2 N–H and O–H groups in total. The van der Waals surface area contributed by atoms with Crippen LogP contribution in [0.1, 0.15) is 27.0 Å². The molecular formula is C24H20BrF3N2O3. The number of alkyl halides is 3. The Morgan fingerprint density at radius 1 is 0.909 bits per heavy atom. The highest BCUT2D eigenvalue weighted by molar-refractivity contribution is 9.10. The molecule has 0 saturated heterocycles. The minimum absolute atomic E-state index is 0.0119. The predicted molar refractivity (Wildman–Crippen MR) is 124 cm³/mol. The number of carbonyl (C=O) groups is 2. The minimum atomic E-state index is -4.51. The van der Waals surface area contributed by atoms with E-state index < -0.39 is 23.6 Å². The van der Waals surface area contributed by atoms with Gasteiger partial charge in [0.1, 0.15) is 5.75 Å². The van der Waals surface area contributed by atoms with E-state index in [1.54, 1.807) is 12.1 Å². The van der Waals surface area contributed by atoms with Crippen LogP contribution < -0.4 is 15.4 Å². The molecule has 0 heterocycles. The Bertz CT molecular complexity index is 1170. The molecule has 0 radical (unpaired) electrons. The van der Waals surface area contributed by atoms with Gasteiger partial charge in [-0.15, -0.1) is 0 Å². The molecule has 0 spiro atoms. The molecule has 0 fully saturated rings. The summed E-state index contributed by atoms with van der Waals surface area (Å²) in [5.41, 5.74) is 1.43. The van der Waals surface area contributed by atoms with E-state index in [9.17, 15) is 22.8 Å². The number of ether oxygens (including phenoxy) is 1. The highest BCUT2D eigenvalue weighted by atomic mass is 79.9. The van der Waals surface area contributed by atoms with Crippen molar-refractivity contribution in [3.05, 3.63) is 87.4 Å². The Balaban J connectivity index is 1.64. The summed E-state index contributed by atoms with van der Waals surface area (Å²) in [6.45, 7) is 3.51. The average Bonchev–Trinajstić information content (AvgIpc) is 2.72. The van der Waals surface area contributed by atoms with E-state index >= 15 is 0 Å². The third kappa shape index (κ3) is 6.58. The summed E-state index contributed by atoms with van der Waals surface area (Å²) < 4.78 is 45.2. The Hall–Kier alpha value is -3.33. The van der Waals surface area contributed by atoms with Gasteiger partial charge in [0, 0.05) is 21.4 Å². The smallest absolute Gasteiger partial charge is 0.416 e. The molecule has 5 nitrogen and oxygen atoms in total. The van der Waals surface area contributed by atoms with Gasteiger partial charge in [-0.2, -0.15) is 13.2 Å². The van der Waals surface area contributed by atoms with Gasteiger partial charge in [0.2, 0.25) is 0 Å². The van der Waals surface area contributed by atoms with E-state index in [0.29, 0.717) is 11.4 Å². The van der Waals surface area contributed by atoms with E-state index in [0.717, 1.165) is 27.7 Å². The first-order chi connectivity index (χ1) is 15.5. The van der Waals surface area contributed by atoms with Crippen LogP contribution in [-0.2, 0) is 11.0 Å². The van der Waals surface area contributed by atoms with Crippen LogP contribution in [0.25, 0.3) is 0 Å². The Morgan fingerprint density at radius 3 is 2.15 bits per heavy atom. The molecular weight excluding hydrogens is 501 g/mol. The first-order valence-corrected chi connectivity index (χ1v) is 10.6. The lowest BCUT2D eigenvalue weighted by molar-refractivity contribution is -0.137. The maximum Gasteiger partial charge on any atom is 0.416 e. The van der Waals surface area contributed by atoms with Gasteiger partial charge in [-0.25, -0.2) is 0 Å². The number of amides is 2. The van der Waals surface area contributed by atoms with Crippen molar-refractivity contribution in [3.63, 3.8) is 0 Å². The number of hydrogen-bond donors (Lipinski definition) is 2. The van der Waals surface area contributed by atoms with E-state index in [4.69, 9.17) is 4.74 Å². The lowest BCUT2D eigenvalue weighted by Gasteiger charge is -2.13. The molecule has 9 heteroatoms. The fraction of sp³-hybridized carbons (Fsp3) is 0.167. The summed E-state index contributed by atoms with van der Waals surface area (Å²) in [5.74, 6) is -0.419. The number of halogens is 4. The fourth-order valence-corrected chi connectivity index (χ4v) is 3.86. The topological polar surface area (TPSA) is 67.4 Å². The summed E-state index contributed by atoms with van der Waals surface area (Å²) in [6.07, 6.45) is -4.51.